The largest absolute Gasteiger partial charge is 0.479 e. The molecular weight excluding hydrogens is 921 g/mol. The number of hydrogen-bond donors (Lipinski definition) is 12. The van der Waals surface area contributed by atoms with Gasteiger partial charge in [0.15, 0.2) is 31.1 Å². The van der Waals surface area contributed by atoms with Crippen molar-refractivity contribution < 1.29 is 136 Å². The van der Waals surface area contributed by atoms with Crippen LogP contribution >= 0.6 is 0 Å². The molecule has 0 aromatic carbocycles. The van der Waals surface area contributed by atoms with E-state index in [0.29, 0.717) is 0 Å². The number of hydrogen-bond acceptors (Lipinski definition) is 24. The number of carboxylic acid groups (broad SMARTS) is 1. The summed E-state index contributed by atoms with van der Waals surface area (Å²) in [5, 5.41) is 53.7. The molecule has 15 atom stereocenters. The molecule has 3 aliphatic heterocycles. The molecule has 12 N–H and O–H groups in total. The van der Waals surface area contributed by atoms with Crippen LogP contribution in [0.15, 0.2) is 0 Å². The molecule has 342 valence electrons. The minimum absolute atomic E-state index is 0.892. The smallest absolute Gasteiger partial charge is 0.397 e. The van der Waals surface area contributed by atoms with Crippen LogP contribution in [0.1, 0.15) is 13.8 Å². The van der Waals surface area contributed by atoms with Gasteiger partial charge in [0.05, 0.1) is 19.3 Å². The monoisotopic (exact) mass is 958 g/mol. The fraction of sp³-hybridized carbons (Fsp3) is 0.952. The summed E-state index contributed by atoms with van der Waals surface area (Å²) >= 11 is 0. The summed E-state index contributed by atoms with van der Waals surface area (Å²) in [6.07, 6.45) is -33.6. The first kappa shape index (κ1) is 50.8. The second-order valence-corrected chi connectivity index (χ2v) is 18.0. The molecule has 0 bridgehead atoms. The summed E-state index contributed by atoms with van der Waals surface area (Å²) in [4.78, 5) is 12.5. The van der Waals surface area contributed by atoms with E-state index in [1.807, 2.05) is 0 Å². The van der Waals surface area contributed by atoms with E-state index in [-0.39, 0.29) is 0 Å². The molecule has 58 heavy (non-hydrogen) atoms. The molecule has 3 heterocycles. The molecule has 37 heteroatoms. The van der Waals surface area contributed by atoms with Crippen LogP contribution in [-0.2, 0) is 97.6 Å². The summed E-state index contributed by atoms with van der Waals surface area (Å²) in [6, 6.07) is -4.62. The lowest BCUT2D eigenvalue weighted by molar-refractivity contribution is -0.360. The van der Waals surface area contributed by atoms with Gasteiger partial charge in [-0.1, -0.05) is 0 Å². The highest BCUT2D eigenvalue weighted by molar-refractivity contribution is 7.84. The van der Waals surface area contributed by atoms with Gasteiger partial charge in [0.25, 0.3) is 0 Å². The topological polar surface area (TPSA) is 497 Å². The zero-order valence-electron chi connectivity index (χ0n) is 28.8. The summed E-state index contributed by atoms with van der Waals surface area (Å²) in [5.41, 5.74) is 0. The van der Waals surface area contributed by atoms with Crippen molar-refractivity contribution in [1.29, 1.82) is 0 Å². The van der Waals surface area contributed by atoms with E-state index in [4.69, 9.17) is 37.5 Å². The molecule has 3 rings (SSSR count). The van der Waals surface area contributed by atoms with Crippen molar-refractivity contribution in [2.75, 3.05) is 13.2 Å². The molecule has 3 saturated heterocycles. The van der Waals surface area contributed by atoms with E-state index in [0.717, 1.165) is 0 Å². The summed E-state index contributed by atoms with van der Waals surface area (Å²) in [6.45, 7) is -0.0820. The number of ether oxygens (including phenoxy) is 6. The Hall–Kier alpha value is -1.58. The number of nitrogens with one attached hydrogen (secondary N) is 2. The number of aliphatic carboxylic acids is 1. The molecule has 0 amide bonds. The second kappa shape index (κ2) is 19.2. The Bertz CT molecular complexity index is 1980. The predicted molar refractivity (Wildman–Crippen MR) is 172 cm³/mol. The third-order valence-corrected chi connectivity index (χ3v) is 10.2. The number of aliphatic hydroxyl groups excluding tert-OH is 4. The average molecular weight is 959 g/mol. The first-order valence-electron chi connectivity index (χ1n) is 15.4. The standard InChI is InChI=1S/C21H38N2O30S5/c1-5(2)47-19-9(23-55(33,34)35)12(26)14(7(49-19)4-46-57(39,40)41)50-21-16(53-58(42,43)44)13(27)15(17(52-21)18(28)29)51-20-8(22-54(30,31)32)11(25)10(24)6(48-20)3-45-56(36,37)38/h5-17,19-27H,3-4H2,1-2H3,(H,28,29)(H,30,31,32)(H,33,34,35)(H,36,37,38)(H,39,40,41)(H,42,43,44)/t6-,7-,8-,9-,10-,11-,12-,13+,14-,15+,16-,17+,19+,20-,21-/m1/s1. The molecule has 0 spiro atoms. The molecule has 3 aliphatic rings. The van der Waals surface area contributed by atoms with Crippen molar-refractivity contribution in [2.24, 2.45) is 0 Å². The Labute approximate surface area is 327 Å². The maximum atomic E-state index is 12.5. The number of aliphatic hydroxyl groups is 4. The third kappa shape index (κ3) is 15.1. The molecular formula is C21H38N2O30S5. The van der Waals surface area contributed by atoms with Crippen molar-refractivity contribution in [2.45, 2.75) is 112 Å². The van der Waals surface area contributed by atoms with Gasteiger partial charge in [-0.15, -0.1) is 0 Å². The highest BCUT2D eigenvalue weighted by Gasteiger charge is 2.58. The fourth-order valence-electron chi connectivity index (χ4n) is 5.53. The van der Waals surface area contributed by atoms with Gasteiger partial charge in [-0.05, 0) is 13.8 Å². The Morgan fingerprint density at radius 1 is 0.586 bits per heavy atom. The minimum Gasteiger partial charge on any atom is -0.479 e. The van der Waals surface area contributed by atoms with Crippen LogP contribution in [-0.4, -0.2) is 208 Å². The first-order valence-corrected chi connectivity index (χ1v) is 22.4. The normalized spacial score (nSPS) is 37.1. The predicted octanol–water partition coefficient (Wildman–Crippen LogP) is -7.77. The Kier molecular flexibility index (Phi) is 16.8. The van der Waals surface area contributed by atoms with E-state index in [9.17, 15) is 86.1 Å². The number of rotatable bonds is 19. The SMILES string of the molecule is CC(C)O[C@H]1O[C@H](COS(=O)(=O)O)[C@@H](O[C@@H]2O[C@H](C(=O)O)[C@@H](O[C@H]3O[C@H](COS(=O)(=O)O)[C@@H](O)[C@H](O)[C@H]3NS(=O)(=O)O)[C@H](O)[C@H]2OS(=O)(=O)O)[C@H](O)[C@H]1NS(=O)(=O)O. The third-order valence-electron chi connectivity index (χ3n) is 7.69. The molecule has 0 aromatic heterocycles. The van der Waals surface area contributed by atoms with Crippen LogP contribution in [0.3, 0.4) is 0 Å². The highest BCUT2D eigenvalue weighted by Crippen LogP contribution is 2.35. The van der Waals surface area contributed by atoms with Crippen molar-refractivity contribution in [3.63, 3.8) is 0 Å². The van der Waals surface area contributed by atoms with E-state index in [2.05, 4.69) is 12.5 Å². The van der Waals surface area contributed by atoms with Crippen LogP contribution in [0, 0.1) is 0 Å². The number of carbonyl (C=O) groups is 1. The van der Waals surface area contributed by atoms with E-state index in [1.54, 1.807) is 0 Å². The zero-order valence-corrected chi connectivity index (χ0v) is 32.9. The van der Waals surface area contributed by atoms with Gasteiger partial charge in [0.2, 0.25) is 0 Å². The van der Waals surface area contributed by atoms with Gasteiger partial charge in [-0.3, -0.25) is 22.8 Å². The van der Waals surface area contributed by atoms with E-state index >= 15 is 0 Å². The molecule has 0 aliphatic carbocycles. The first-order chi connectivity index (χ1) is 26.2. The zero-order chi connectivity index (χ0) is 44.5. The number of carboxylic acids is 1. The maximum absolute atomic E-state index is 12.5. The molecule has 32 nitrogen and oxygen atoms in total. The quantitative estimate of drug-likeness (QED) is 0.0535. The molecule has 0 saturated carbocycles. The van der Waals surface area contributed by atoms with E-state index < -0.39 is 169 Å². The fourth-order valence-corrected chi connectivity index (χ4v) is 7.82. The van der Waals surface area contributed by atoms with E-state index in [1.165, 1.54) is 23.3 Å². The van der Waals surface area contributed by atoms with Crippen molar-refractivity contribution in [3.8, 4) is 0 Å². The van der Waals surface area contributed by atoms with Crippen molar-refractivity contribution in [3.05, 3.63) is 0 Å². The maximum Gasteiger partial charge on any atom is 0.397 e. The van der Waals surface area contributed by atoms with Gasteiger partial charge >= 0.3 is 57.8 Å². The van der Waals surface area contributed by atoms with Gasteiger partial charge in [0, 0.05) is 0 Å². The van der Waals surface area contributed by atoms with Gasteiger partial charge in [-0.25, -0.2) is 17.3 Å². The van der Waals surface area contributed by atoms with Crippen LogP contribution in [0.5, 0.6) is 0 Å². The van der Waals surface area contributed by atoms with Crippen molar-refractivity contribution in [1.82, 2.24) is 9.44 Å². The molecule has 0 unspecified atom stereocenters. The van der Waals surface area contributed by atoms with Crippen LogP contribution in [0.25, 0.3) is 0 Å². The van der Waals surface area contributed by atoms with Crippen LogP contribution < -0.4 is 9.44 Å². The Morgan fingerprint density at radius 2 is 1.05 bits per heavy atom. The van der Waals surface area contributed by atoms with Crippen molar-refractivity contribution >= 4 is 57.8 Å². The van der Waals surface area contributed by atoms with Crippen LogP contribution in [0.2, 0.25) is 0 Å². The van der Waals surface area contributed by atoms with Gasteiger partial charge in [-0.2, -0.15) is 51.5 Å². The lowest BCUT2D eigenvalue weighted by Crippen LogP contribution is -2.70. The average Bonchev–Trinajstić information content (AvgIpc) is 3.02. The lowest BCUT2D eigenvalue weighted by atomic mass is 9.95. The summed E-state index contributed by atoms with van der Waals surface area (Å²) < 4.78 is 210. The van der Waals surface area contributed by atoms with Gasteiger partial charge < -0.3 is 54.0 Å². The Balaban J connectivity index is 2.11. The molecule has 0 radical (unpaired) electrons. The molecule has 3 fully saturated rings. The Morgan fingerprint density at radius 3 is 1.50 bits per heavy atom. The van der Waals surface area contributed by atoms with Gasteiger partial charge in [0.1, 0.15) is 60.9 Å². The molecule has 0 aromatic rings. The second-order valence-electron chi connectivity index (χ2n) is 12.3. The summed E-state index contributed by atoms with van der Waals surface area (Å²) in [5.74, 6) is -2.21. The lowest BCUT2D eigenvalue weighted by Gasteiger charge is -2.49. The minimum atomic E-state index is -5.84. The highest BCUT2D eigenvalue weighted by atomic mass is 32.3. The summed E-state index contributed by atoms with van der Waals surface area (Å²) in [7, 11) is -27.3. The van der Waals surface area contributed by atoms with Crippen LogP contribution in [0.4, 0.5) is 0 Å².